The summed E-state index contributed by atoms with van der Waals surface area (Å²) < 4.78 is 1.91. The number of carbonyl (C=O) groups excluding carboxylic acids is 1. The average molecular weight is 188 g/mol. The summed E-state index contributed by atoms with van der Waals surface area (Å²) >= 11 is 0. The molecule has 2 heterocycles. The van der Waals surface area contributed by atoms with E-state index in [0.717, 1.165) is 5.52 Å². The van der Waals surface area contributed by atoms with Crippen molar-refractivity contribution in [3.05, 3.63) is 36.4 Å². The number of fused-ring (bicyclic) bond motifs is 1. The molecule has 2 aromatic rings. The van der Waals surface area contributed by atoms with Gasteiger partial charge in [-0.3, -0.25) is 4.79 Å². The monoisotopic (exact) mass is 188 g/mol. The van der Waals surface area contributed by atoms with Crippen molar-refractivity contribution in [2.75, 3.05) is 0 Å². The number of ketones is 1. The van der Waals surface area contributed by atoms with Gasteiger partial charge in [0.15, 0.2) is 5.78 Å². The molecule has 0 aromatic carbocycles. The van der Waals surface area contributed by atoms with Gasteiger partial charge >= 0.3 is 0 Å². The van der Waals surface area contributed by atoms with Crippen molar-refractivity contribution in [1.29, 1.82) is 0 Å². The van der Waals surface area contributed by atoms with Crippen LogP contribution in [0.15, 0.2) is 30.7 Å². The summed E-state index contributed by atoms with van der Waals surface area (Å²) in [6.45, 7) is 3.76. The van der Waals surface area contributed by atoms with Gasteiger partial charge in [-0.05, 0) is 12.1 Å². The first-order chi connectivity index (χ1) is 6.68. The van der Waals surface area contributed by atoms with E-state index in [0.29, 0.717) is 5.69 Å². The molecule has 0 saturated heterocycles. The molecule has 72 valence electrons. The summed E-state index contributed by atoms with van der Waals surface area (Å²) in [6.07, 6.45) is 5.40. The van der Waals surface area contributed by atoms with Crippen LogP contribution in [0.2, 0.25) is 0 Å². The molecule has 3 heteroatoms. The first-order valence-electron chi connectivity index (χ1n) is 4.65. The molecule has 0 N–H and O–H groups in total. The van der Waals surface area contributed by atoms with Crippen molar-refractivity contribution < 1.29 is 4.79 Å². The van der Waals surface area contributed by atoms with Crippen LogP contribution in [0.1, 0.15) is 24.3 Å². The molecular formula is C11H12N2O. The second-order valence-corrected chi connectivity index (χ2v) is 3.63. The number of aromatic nitrogens is 2. The van der Waals surface area contributed by atoms with E-state index >= 15 is 0 Å². The smallest absolute Gasteiger partial charge is 0.185 e. The molecule has 0 spiro atoms. The van der Waals surface area contributed by atoms with Crippen LogP contribution in [-0.2, 0) is 0 Å². The van der Waals surface area contributed by atoms with Gasteiger partial charge in [0.25, 0.3) is 0 Å². The van der Waals surface area contributed by atoms with Gasteiger partial charge in [-0.2, -0.15) is 0 Å². The third-order valence-corrected chi connectivity index (χ3v) is 2.19. The van der Waals surface area contributed by atoms with E-state index in [2.05, 4.69) is 4.98 Å². The van der Waals surface area contributed by atoms with E-state index in [9.17, 15) is 4.79 Å². The van der Waals surface area contributed by atoms with E-state index < -0.39 is 0 Å². The first-order valence-corrected chi connectivity index (χ1v) is 4.65. The summed E-state index contributed by atoms with van der Waals surface area (Å²) in [5.41, 5.74) is 1.54. The lowest BCUT2D eigenvalue weighted by molar-refractivity contribution is 0.0934. The van der Waals surface area contributed by atoms with Crippen LogP contribution in [0.3, 0.4) is 0 Å². The van der Waals surface area contributed by atoms with E-state index in [1.165, 1.54) is 0 Å². The molecule has 2 rings (SSSR count). The van der Waals surface area contributed by atoms with Crippen LogP contribution < -0.4 is 0 Å². The maximum atomic E-state index is 11.6. The summed E-state index contributed by atoms with van der Waals surface area (Å²) in [4.78, 5) is 15.8. The normalized spacial score (nSPS) is 11.1. The predicted molar refractivity (Wildman–Crippen MR) is 54.4 cm³/mol. The fourth-order valence-corrected chi connectivity index (χ4v) is 1.36. The summed E-state index contributed by atoms with van der Waals surface area (Å²) in [5.74, 6) is 0.0797. The van der Waals surface area contributed by atoms with Crippen LogP contribution in [0.25, 0.3) is 5.52 Å². The topological polar surface area (TPSA) is 34.4 Å². The molecule has 14 heavy (non-hydrogen) atoms. The van der Waals surface area contributed by atoms with Crippen LogP contribution >= 0.6 is 0 Å². The number of nitrogens with zero attached hydrogens (tertiary/aromatic N) is 2. The number of hydrogen-bond acceptors (Lipinski definition) is 2. The third-order valence-electron chi connectivity index (χ3n) is 2.19. The van der Waals surface area contributed by atoms with Crippen LogP contribution in [0.4, 0.5) is 0 Å². The van der Waals surface area contributed by atoms with Gasteiger partial charge < -0.3 is 4.40 Å². The zero-order valence-electron chi connectivity index (χ0n) is 8.27. The fraction of sp³-hybridized carbons (Fsp3) is 0.273. The van der Waals surface area contributed by atoms with E-state index in [-0.39, 0.29) is 11.7 Å². The lowest BCUT2D eigenvalue weighted by atomic mass is 10.1. The van der Waals surface area contributed by atoms with E-state index in [4.69, 9.17) is 0 Å². The van der Waals surface area contributed by atoms with E-state index in [1.54, 1.807) is 12.4 Å². The minimum atomic E-state index is -0.00416. The van der Waals surface area contributed by atoms with Crippen molar-refractivity contribution in [2.45, 2.75) is 13.8 Å². The Morgan fingerprint density at radius 3 is 3.00 bits per heavy atom. The Kier molecular flexibility index (Phi) is 2.08. The molecule has 0 aliphatic rings. The van der Waals surface area contributed by atoms with Crippen molar-refractivity contribution in [3.63, 3.8) is 0 Å². The van der Waals surface area contributed by atoms with Crippen LogP contribution in [0, 0.1) is 5.92 Å². The van der Waals surface area contributed by atoms with Gasteiger partial charge in [-0.15, -0.1) is 0 Å². The molecule has 0 fully saturated rings. The highest BCUT2D eigenvalue weighted by atomic mass is 16.1. The highest BCUT2D eigenvalue weighted by Crippen LogP contribution is 2.08. The highest BCUT2D eigenvalue weighted by Gasteiger charge is 2.11. The van der Waals surface area contributed by atoms with Gasteiger partial charge in [0.05, 0.1) is 11.7 Å². The van der Waals surface area contributed by atoms with Gasteiger partial charge in [0.1, 0.15) is 5.69 Å². The number of carbonyl (C=O) groups is 1. The Morgan fingerprint density at radius 1 is 1.50 bits per heavy atom. The van der Waals surface area contributed by atoms with Gasteiger partial charge in [-0.1, -0.05) is 13.8 Å². The lowest BCUT2D eigenvalue weighted by Gasteiger charge is -2.03. The maximum Gasteiger partial charge on any atom is 0.185 e. The SMILES string of the molecule is CC(C)C(=O)c1cn2cccc2cn1. The fourth-order valence-electron chi connectivity index (χ4n) is 1.36. The Balaban J connectivity index is 2.48. The molecule has 0 atom stereocenters. The van der Waals surface area contributed by atoms with Crippen molar-refractivity contribution in [3.8, 4) is 0 Å². The molecule has 2 aromatic heterocycles. The summed E-state index contributed by atoms with van der Waals surface area (Å²) in [6, 6.07) is 3.89. The lowest BCUT2D eigenvalue weighted by Crippen LogP contribution is -2.10. The second-order valence-electron chi connectivity index (χ2n) is 3.63. The highest BCUT2D eigenvalue weighted by molar-refractivity contribution is 5.95. The molecule has 0 unspecified atom stereocenters. The maximum absolute atomic E-state index is 11.6. The zero-order valence-corrected chi connectivity index (χ0v) is 8.27. The van der Waals surface area contributed by atoms with Gasteiger partial charge in [-0.25, -0.2) is 4.98 Å². The van der Waals surface area contributed by atoms with Crippen molar-refractivity contribution in [2.24, 2.45) is 5.92 Å². The number of rotatable bonds is 2. The third kappa shape index (κ3) is 1.41. The standard InChI is InChI=1S/C11H12N2O/c1-8(2)11(14)10-7-13-5-3-4-9(13)6-12-10/h3-8H,1-2H3. The molecule has 0 aliphatic heterocycles. The second kappa shape index (κ2) is 3.25. The van der Waals surface area contributed by atoms with Crippen LogP contribution in [0.5, 0.6) is 0 Å². The Labute approximate surface area is 82.4 Å². The minimum absolute atomic E-state index is 0.00416. The quantitative estimate of drug-likeness (QED) is 0.677. The van der Waals surface area contributed by atoms with Gasteiger partial charge in [0, 0.05) is 18.3 Å². The molecule has 0 saturated carbocycles. The van der Waals surface area contributed by atoms with Crippen molar-refractivity contribution >= 4 is 11.3 Å². The number of hydrogen-bond donors (Lipinski definition) is 0. The summed E-state index contributed by atoms with van der Waals surface area (Å²) in [5, 5.41) is 0. The summed E-state index contributed by atoms with van der Waals surface area (Å²) in [7, 11) is 0. The zero-order chi connectivity index (χ0) is 10.1. The first kappa shape index (κ1) is 8.94. The molecule has 0 aliphatic carbocycles. The minimum Gasteiger partial charge on any atom is -0.320 e. The largest absolute Gasteiger partial charge is 0.320 e. The molecule has 0 amide bonds. The molecular weight excluding hydrogens is 176 g/mol. The Hall–Kier alpha value is -1.64. The number of Topliss-reactive ketones (excluding diaryl/α,β-unsaturated/α-hetero) is 1. The molecule has 0 bridgehead atoms. The molecule has 3 nitrogen and oxygen atoms in total. The average Bonchev–Trinajstić information content (AvgIpc) is 2.62. The van der Waals surface area contributed by atoms with Crippen LogP contribution in [-0.4, -0.2) is 15.2 Å². The predicted octanol–water partition coefficient (Wildman–Crippen LogP) is 2.17. The van der Waals surface area contributed by atoms with Gasteiger partial charge in [0.2, 0.25) is 0 Å². The Morgan fingerprint density at radius 2 is 2.29 bits per heavy atom. The van der Waals surface area contributed by atoms with E-state index in [1.807, 2.05) is 36.6 Å². The molecule has 0 radical (unpaired) electrons. The Bertz CT molecular complexity index is 471. The van der Waals surface area contributed by atoms with Crippen molar-refractivity contribution in [1.82, 2.24) is 9.38 Å².